The lowest BCUT2D eigenvalue weighted by molar-refractivity contribution is 0.623. The van der Waals surface area contributed by atoms with Crippen LogP contribution in [0.3, 0.4) is 0 Å². The molecule has 1 unspecified atom stereocenters. The predicted molar refractivity (Wildman–Crippen MR) is 74.0 cm³/mol. The fourth-order valence-electron chi connectivity index (χ4n) is 2.00. The van der Waals surface area contributed by atoms with Crippen LogP contribution in [-0.4, -0.2) is 21.0 Å². The van der Waals surface area contributed by atoms with Crippen molar-refractivity contribution in [3.8, 4) is 5.69 Å². The fourth-order valence-corrected chi connectivity index (χ4v) is 2.00. The Bertz CT molecular complexity index is 447. The first-order valence-electron chi connectivity index (χ1n) is 6.56. The molecule has 1 heterocycles. The van der Waals surface area contributed by atoms with Crippen LogP contribution in [0, 0.1) is 0 Å². The highest BCUT2D eigenvalue weighted by molar-refractivity contribution is 5.48. The molecule has 0 aliphatic carbocycles. The molecule has 1 aromatic heterocycles. The minimum absolute atomic E-state index is 0.559. The van der Waals surface area contributed by atoms with Crippen molar-refractivity contribution in [3.05, 3.63) is 36.7 Å². The second-order valence-corrected chi connectivity index (χ2v) is 4.40. The zero-order valence-corrected chi connectivity index (χ0v) is 11.0. The molecule has 0 radical (unpaired) electrons. The summed E-state index contributed by atoms with van der Waals surface area (Å²) in [6, 6.07) is 8.78. The van der Waals surface area contributed by atoms with Crippen molar-refractivity contribution in [2.75, 3.05) is 5.32 Å². The molecule has 4 heteroatoms. The first-order chi connectivity index (χ1) is 8.83. The van der Waals surface area contributed by atoms with Crippen molar-refractivity contribution in [2.24, 2.45) is 0 Å². The summed E-state index contributed by atoms with van der Waals surface area (Å²) in [7, 11) is 0. The van der Waals surface area contributed by atoms with Crippen LogP contribution in [0.5, 0.6) is 0 Å². The number of hydrogen-bond acceptors (Lipinski definition) is 3. The van der Waals surface area contributed by atoms with E-state index in [4.69, 9.17) is 0 Å². The van der Waals surface area contributed by atoms with Crippen LogP contribution < -0.4 is 5.32 Å². The Morgan fingerprint density at radius 1 is 1.11 bits per heavy atom. The summed E-state index contributed by atoms with van der Waals surface area (Å²) in [5.74, 6) is 0. The Balaban J connectivity index is 2.03. The van der Waals surface area contributed by atoms with Crippen LogP contribution in [0.4, 0.5) is 5.69 Å². The van der Waals surface area contributed by atoms with E-state index in [-0.39, 0.29) is 0 Å². The molecule has 1 atom stereocenters. The van der Waals surface area contributed by atoms with Gasteiger partial charge in [-0.2, -0.15) is 15.0 Å². The van der Waals surface area contributed by atoms with Gasteiger partial charge in [-0.25, -0.2) is 0 Å². The van der Waals surface area contributed by atoms with Gasteiger partial charge in [0.2, 0.25) is 0 Å². The van der Waals surface area contributed by atoms with Gasteiger partial charge in [0.15, 0.2) is 0 Å². The zero-order chi connectivity index (χ0) is 12.8. The normalized spacial score (nSPS) is 12.3. The standard InChI is InChI=1S/C14H20N4/c1-3-5-12(4-2)17-13-6-8-14(9-7-13)18-15-10-11-16-18/h6-12,17H,3-5H2,1-2H3. The molecule has 0 spiro atoms. The summed E-state index contributed by atoms with van der Waals surface area (Å²) >= 11 is 0. The smallest absolute Gasteiger partial charge is 0.0858 e. The molecule has 96 valence electrons. The van der Waals surface area contributed by atoms with Crippen molar-refractivity contribution in [3.63, 3.8) is 0 Å². The number of rotatable bonds is 6. The highest BCUT2D eigenvalue weighted by atomic mass is 15.5. The third-order valence-corrected chi connectivity index (χ3v) is 3.02. The molecule has 2 rings (SSSR count). The van der Waals surface area contributed by atoms with Gasteiger partial charge < -0.3 is 5.32 Å². The van der Waals surface area contributed by atoms with Crippen LogP contribution in [0.15, 0.2) is 36.7 Å². The van der Waals surface area contributed by atoms with Crippen molar-refractivity contribution >= 4 is 5.69 Å². The Kier molecular flexibility index (Phi) is 4.34. The maximum atomic E-state index is 4.11. The second kappa shape index (κ2) is 6.19. The second-order valence-electron chi connectivity index (χ2n) is 4.40. The number of benzene rings is 1. The molecule has 0 saturated heterocycles. The molecule has 0 aliphatic heterocycles. The molecule has 0 aliphatic rings. The Morgan fingerprint density at radius 3 is 2.33 bits per heavy atom. The van der Waals surface area contributed by atoms with Crippen LogP contribution in [0.25, 0.3) is 5.69 Å². The molecule has 4 nitrogen and oxygen atoms in total. The lowest BCUT2D eigenvalue weighted by Crippen LogP contribution is -2.17. The maximum Gasteiger partial charge on any atom is 0.0858 e. The van der Waals surface area contributed by atoms with Gasteiger partial charge in [-0.05, 0) is 37.1 Å². The monoisotopic (exact) mass is 244 g/mol. The molecule has 0 fully saturated rings. The van der Waals surface area contributed by atoms with E-state index in [1.165, 1.54) is 12.8 Å². The Hall–Kier alpha value is -1.84. The van der Waals surface area contributed by atoms with Gasteiger partial charge >= 0.3 is 0 Å². The van der Waals surface area contributed by atoms with E-state index in [0.29, 0.717) is 6.04 Å². The number of nitrogens with one attached hydrogen (secondary N) is 1. The molecule has 18 heavy (non-hydrogen) atoms. The fraction of sp³-hybridized carbons (Fsp3) is 0.429. The number of anilines is 1. The highest BCUT2D eigenvalue weighted by Crippen LogP contribution is 2.15. The summed E-state index contributed by atoms with van der Waals surface area (Å²) in [4.78, 5) is 1.62. The van der Waals surface area contributed by atoms with Crippen LogP contribution in [-0.2, 0) is 0 Å². The Labute approximate surface area is 108 Å². The van der Waals surface area contributed by atoms with Gasteiger partial charge in [0, 0.05) is 11.7 Å². The topological polar surface area (TPSA) is 42.7 Å². The third-order valence-electron chi connectivity index (χ3n) is 3.02. The summed E-state index contributed by atoms with van der Waals surface area (Å²) in [5.41, 5.74) is 2.14. The van der Waals surface area contributed by atoms with Crippen LogP contribution in [0.2, 0.25) is 0 Å². The van der Waals surface area contributed by atoms with Gasteiger partial charge in [0.05, 0.1) is 18.1 Å². The van der Waals surface area contributed by atoms with E-state index >= 15 is 0 Å². The van der Waals surface area contributed by atoms with E-state index in [1.807, 2.05) is 12.1 Å². The molecule has 1 N–H and O–H groups in total. The number of nitrogens with zero attached hydrogens (tertiary/aromatic N) is 3. The summed E-state index contributed by atoms with van der Waals surface area (Å²) in [6.07, 6.45) is 6.93. The first kappa shape index (κ1) is 12.6. The first-order valence-corrected chi connectivity index (χ1v) is 6.56. The lowest BCUT2D eigenvalue weighted by Gasteiger charge is -2.17. The van der Waals surface area contributed by atoms with Crippen molar-refractivity contribution in [1.29, 1.82) is 0 Å². The summed E-state index contributed by atoms with van der Waals surface area (Å²) in [6.45, 7) is 4.44. The van der Waals surface area contributed by atoms with E-state index in [1.54, 1.807) is 17.2 Å². The molecule has 2 aromatic rings. The van der Waals surface area contributed by atoms with Crippen molar-refractivity contribution < 1.29 is 0 Å². The van der Waals surface area contributed by atoms with Gasteiger partial charge in [-0.15, -0.1) is 0 Å². The van der Waals surface area contributed by atoms with Crippen LogP contribution in [0.1, 0.15) is 33.1 Å². The van der Waals surface area contributed by atoms with Gasteiger partial charge in [0.1, 0.15) is 0 Å². The van der Waals surface area contributed by atoms with E-state index in [9.17, 15) is 0 Å². The van der Waals surface area contributed by atoms with Crippen molar-refractivity contribution in [2.45, 2.75) is 39.2 Å². The van der Waals surface area contributed by atoms with Crippen LogP contribution >= 0.6 is 0 Å². The minimum atomic E-state index is 0.559. The van der Waals surface area contributed by atoms with Crippen molar-refractivity contribution in [1.82, 2.24) is 15.0 Å². The third kappa shape index (κ3) is 3.09. The largest absolute Gasteiger partial charge is 0.382 e. The highest BCUT2D eigenvalue weighted by Gasteiger charge is 2.04. The minimum Gasteiger partial charge on any atom is -0.382 e. The molecule has 0 bridgehead atoms. The molecule has 0 amide bonds. The molecular weight excluding hydrogens is 224 g/mol. The predicted octanol–water partition coefficient (Wildman–Crippen LogP) is 3.26. The molecular formula is C14H20N4. The van der Waals surface area contributed by atoms with E-state index in [0.717, 1.165) is 17.8 Å². The van der Waals surface area contributed by atoms with Gasteiger partial charge in [0.25, 0.3) is 0 Å². The SMILES string of the molecule is CCCC(CC)Nc1ccc(-n2nccn2)cc1. The zero-order valence-electron chi connectivity index (χ0n) is 11.0. The molecule has 0 saturated carbocycles. The number of aromatic nitrogens is 3. The summed E-state index contributed by atoms with van der Waals surface area (Å²) in [5, 5.41) is 11.8. The van der Waals surface area contributed by atoms with E-state index in [2.05, 4.69) is 41.5 Å². The molecule has 1 aromatic carbocycles. The Morgan fingerprint density at radius 2 is 1.78 bits per heavy atom. The summed E-state index contributed by atoms with van der Waals surface area (Å²) < 4.78 is 0. The van der Waals surface area contributed by atoms with E-state index < -0.39 is 0 Å². The van der Waals surface area contributed by atoms with Gasteiger partial charge in [-0.3, -0.25) is 0 Å². The average molecular weight is 244 g/mol. The van der Waals surface area contributed by atoms with Gasteiger partial charge in [-0.1, -0.05) is 20.3 Å². The lowest BCUT2D eigenvalue weighted by atomic mass is 10.1. The average Bonchev–Trinajstić information content (AvgIpc) is 2.93. The number of hydrogen-bond donors (Lipinski definition) is 1. The maximum absolute atomic E-state index is 4.11. The quantitative estimate of drug-likeness (QED) is 0.848.